The van der Waals surface area contributed by atoms with Crippen LogP contribution in [0.15, 0.2) is 58.4 Å². The number of aryl methyl sites for hydroxylation is 2. The van der Waals surface area contributed by atoms with Crippen molar-refractivity contribution >= 4 is 39.5 Å². The fourth-order valence-corrected chi connectivity index (χ4v) is 3.56. The number of nitrogens with one attached hydrogen (secondary N) is 1. The molecule has 0 saturated carbocycles. The van der Waals surface area contributed by atoms with E-state index in [1.807, 2.05) is 0 Å². The molecule has 0 aliphatic rings. The number of benzene rings is 2. The summed E-state index contributed by atoms with van der Waals surface area (Å²) in [5.41, 5.74) is 2.30. The second kappa shape index (κ2) is 7.95. The van der Waals surface area contributed by atoms with Gasteiger partial charge in [0, 0.05) is 28.2 Å². The lowest BCUT2D eigenvalue weighted by molar-refractivity contribution is 0.474. The van der Waals surface area contributed by atoms with E-state index in [9.17, 15) is 13.5 Å². The van der Waals surface area contributed by atoms with Gasteiger partial charge in [0.2, 0.25) is 5.95 Å². The molecule has 0 bridgehead atoms. The number of phenolic OH excluding ortho intramolecular Hbond substituents is 1. The standard InChI is InChI=1S/C19H17ClN4O3S/c1-12-9-13(2)23-19(22-12)24-28(26,27)17-6-4-16(5-7-17)21-11-14-10-15(20)3-8-18(14)25/h3-11,25H,1-2H3,(H,22,23,24). The van der Waals surface area contributed by atoms with Crippen LogP contribution in [0.2, 0.25) is 5.02 Å². The molecule has 0 spiro atoms. The predicted molar refractivity (Wildman–Crippen MR) is 109 cm³/mol. The monoisotopic (exact) mass is 416 g/mol. The minimum Gasteiger partial charge on any atom is -0.507 e. The van der Waals surface area contributed by atoms with Crippen molar-refractivity contribution in [2.24, 2.45) is 4.99 Å². The number of aliphatic imine (C=N–C) groups is 1. The first-order chi connectivity index (χ1) is 13.2. The molecule has 0 radical (unpaired) electrons. The third-order valence-corrected chi connectivity index (χ3v) is 5.28. The molecule has 28 heavy (non-hydrogen) atoms. The molecule has 0 aliphatic carbocycles. The van der Waals surface area contributed by atoms with Gasteiger partial charge in [-0.25, -0.2) is 23.1 Å². The molecule has 2 N–H and O–H groups in total. The first-order valence-corrected chi connectivity index (χ1v) is 10.1. The lowest BCUT2D eigenvalue weighted by atomic mass is 10.2. The highest BCUT2D eigenvalue weighted by atomic mass is 35.5. The fraction of sp³-hybridized carbons (Fsp3) is 0.105. The third kappa shape index (κ3) is 4.85. The average molecular weight is 417 g/mol. The lowest BCUT2D eigenvalue weighted by Gasteiger charge is -2.08. The van der Waals surface area contributed by atoms with E-state index in [2.05, 4.69) is 19.7 Å². The van der Waals surface area contributed by atoms with Gasteiger partial charge in [-0.15, -0.1) is 0 Å². The number of aromatic hydroxyl groups is 1. The summed E-state index contributed by atoms with van der Waals surface area (Å²) >= 11 is 5.90. The van der Waals surface area contributed by atoms with E-state index in [0.717, 1.165) is 0 Å². The maximum absolute atomic E-state index is 12.5. The molecular formula is C19H17ClN4O3S. The van der Waals surface area contributed by atoms with Crippen molar-refractivity contribution in [3.8, 4) is 5.75 Å². The summed E-state index contributed by atoms with van der Waals surface area (Å²) in [7, 11) is -3.83. The fourth-order valence-electron chi connectivity index (χ4n) is 2.43. The topological polar surface area (TPSA) is 105 Å². The number of hydrogen-bond donors (Lipinski definition) is 2. The molecule has 0 unspecified atom stereocenters. The summed E-state index contributed by atoms with van der Waals surface area (Å²) in [6, 6.07) is 12.3. The van der Waals surface area contributed by atoms with Crippen molar-refractivity contribution in [2.45, 2.75) is 18.7 Å². The van der Waals surface area contributed by atoms with Crippen LogP contribution in [-0.2, 0) is 10.0 Å². The quantitative estimate of drug-likeness (QED) is 0.611. The van der Waals surface area contributed by atoms with Gasteiger partial charge in [0.1, 0.15) is 5.75 Å². The number of hydrogen-bond acceptors (Lipinski definition) is 6. The van der Waals surface area contributed by atoms with Crippen molar-refractivity contribution in [2.75, 3.05) is 4.72 Å². The van der Waals surface area contributed by atoms with E-state index in [1.165, 1.54) is 24.4 Å². The zero-order valence-corrected chi connectivity index (χ0v) is 16.7. The number of anilines is 1. The number of halogens is 1. The Morgan fingerprint density at radius 1 is 1.04 bits per heavy atom. The SMILES string of the molecule is Cc1cc(C)nc(NS(=O)(=O)c2ccc(N=Cc3cc(Cl)ccc3O)cc2)n1. The van der Waals surface area contributed by atoms with Crippen LogP contribution in [0.4, 0.5) is 11.6 Å². The van der Waals surface area contributed by atoms with E-state index >= 15 is 0 Å². The first-order valence-electron chi connectivity index (χ1n) is 8.21. The van der Waals surface area contributed by atoms with Gasteiger partial charge in [0.05, 0.1) is 10.6 Å². The minimum atomic E-state index is -3.83. The number of nitrogens with zero attached hydrogens (tertiary/aromatic N) is 3. The molecular weight excluding hydrogens is 400 g/mol. The molecule has 0 atom stereocenters. The summed E-state index contributed by atoms with van der Waals surface area (Å²) in [4.78, 5) is 12.4. The van der Waals surface area contributed by atoms with E-state index < -0.39 is 10.0 Å². The van der Waals surface area contributed by atoms with E-state index in [0.29, 0.717) is 27.7 Å². The molecule has 7 nitrogen and oxygen atoms in total. The zero-order valence-electron chi connectivity index (χ0n) is 15.1. The van der Waals surface area contributed by atoms with E-state index in [-0.39, 0.29) is 16.6 Å². The normalized spacial score (nSPS) is 11.7. The second-order valence-corrected chi connectivity index (χ2v) is 8.15. The molecule has 0 fully saturated rings. The largest absolute Gasteiger partial charge is 0.507 e. The summed E-state index contributed by atoms with van der Waals surface area (Å²) < 4.78 is 27.4. The van der Waals surface area contributed by atoms with Crippen molar-refractivity contribution in [3.63, 3.8) is 0 Å². The van der Waals surface area contributed by atoms with Crippen LogP contribution >= 0.6 is 11.6 Å². The molecule has 3 rings (SSSR count). The summed E-state index contributed by atoms with van der Waals surface area (Å²) in [6.45, 7) is 3.52. The van der Waals surface area contributed by atoms with Gasteiger partial charge in [-0.2, -0.15) is 0 Å². The van der Waals surface area contributed by atoms with Gasteiger partial charge < -0.3 is 5.11 Å². The zero-order chi connectivity index (χ0) is 20.3. The number of aromatic nitrogens is 2. The van der Waals surface area contributed by atoms with Gasteiger partial charge in [-0.3, -0.25) is 4.99 Å². The van der Waals surface area contributed by atoms with Gasteiger partial charge in [0.25, 0.3) is 10.0 Å². The molecule has 1 heterocycles. The van der Waals surface area contributed by atoms with Crippen LogP contribution < -0.4 is 4.72 Å². The Bertz CT molecular complexity index is 1130. The second-order valence-electron chi connectivity index (χ2n) is 6.04. The molecule has 2 aromatic carbocycles. The maximum Gasteiger partial charge on any atom is 0.264 e. The first kappa shape index (κ1) is 19.8. The van der Waals surface area contributed by atoms with Crippen LogP contribution in [-0.4, -0.2) is 29.7 Å². The van der Waals surface area contributed by atoms with Crippen LogP contribution in [0.3, 0.4) is 0 Å². The molecule has 3 aromatic rings. The van der Waals surface area contributed by atoms with Crippen molar-refractivity contribution in [1.29, 1.82) is 0 Å². The molecule has 0 amide bonds. The molecule has 9 heteroatoms. The Hall–Kier alpha value is -2.97. The summed E-state index contributed by atoms with van der Waals surface area (Å²) in [5, 5.41) is 10.3. The third-order valence-electron chi connectivity index (χ3n) is 3.70. The van der Waals surface area contributed by atoms with Crippen LogP contribution in [0.25, 0.3) is 0 Å². The Balaban J connectivity index is 1.79. The van der Waals surface area contributed by atoms with Gasteiger partial charge in [-0.1, -0.05) is 11.6 Å². The van der Waals surface area contributed by atoms with Crippen LogP contribution in [0.1, 0.15) is 17.0 Å². The van der Waals surface area contributed by atoms with Crippen molar-refractivity contribution in [3.05, 3.63) is 70.5 Å². The Labute approximate surface area is 167 Å². The van der Waals surface area contributed by atoms with Crippen LogP contribution in [0, 0.1) is 13.8 Å². The Morgan fingerprint density at radius 2 is 1.68 bits per heavy atom. The van der Waals surface area contributed by atoms with Crippen molar-refractivity contribution < 1.29 is 13.5 Å². The highest BCUT2D eigenvalue weighted by molar-refractivity contribution is 7.92. The smallest absolute Gasteiger partial charge is 0.264 e. The Kier molecular flexibility index (Phi) is 5.62. The van der Waals surface area contributed by atoms with E-state index in [1.54, 1.807) is 44.2 Å². The van der Waals surface area contributed by atoms with E-state index in [4.69, 9.17) is 11.6 Å². The predicted octanol–water partition coefficient (Wildman–Crippen LogP) is 4.00. The average Bonchev–Trinajstić information content (AvgIpc) is 2.61. The van der Waals surface area contributed by atoms with Gasteiger partial charge >= 0.3 is 0 Å². The Morgan fingerprint density at radius 3 is 2.32 bits per heavy atom. The minimum absolute atomic E-state index is 0.0241. The lowest BCUT2D eigenvalue weighted by Crippen LogP contribution is -2.15. The summed E-state index contributed by atoms with van der Waals surface area (Å²) in [6.07, 6.45) is 1.45. The maximum atomic E-state index is 12.5. The van der Waals surface area contributed by atoms with Crippen molar-refractivity contribution in [1.82, 2.24) is 9.97 Å². The highest BCUT2D eigenvalue weighted by Crippen LogP contribution is 2.22. The molecule has 144 valence electrons. The molecule has 0 aliphatic heterocycles. The van der Waals surface area contributed by atoms with Gasteiger partial charge in [0.15, 0.2) is 0 Å². The van der Waals surface area contributed by atoms with Crippen LogP contribution in [0.5, 0.6) is 5.75 Å². The number of phenols is 1. The van der Waals surface area contributed by atoms with Gasteiger partial charge in [-0.05, 0) is 62.4 Å². The molecule has 1 aromatic heterocycles. The molecule has 0 saturated heterocycles. The highest BCUT2D eigenvalue weighted by Gasteiger charge is 2.16. The number of rotatable bonds is 5. The number of sulfonamides is 1. The summed E-state index contributed by atoms with van der Waals surface area (Å²) in [5.74, 6) is 0.0704.